The molecule has 1 aliphatic carbocycles. The van der Waals surface area contributed by atoms with Gasteiger partial charge in [0, 0.05) is 36.1 Å². The summed E-state index contributed by atoms with van der Waals surface area (Å²) >= 11 is 0. The number of pyridine rings is 1. The lowest BCUT2D eigenvalue weighted by Gasteiger charge is -2.22. The number of amides is 1. The molecule has 2 aromatic heterocycles. The Morgan fingerprint density at radius 2 is 1.88 bits per heavy atom. The highest BCUT2D eigenvalue weighted by Crippen LogP contribution is 2.30. The Hall–Kier alpha value is -3.02. The van der Waals surface area contributed by atoms with E-state index >= 15 is 0 Å². The van der Waals surface area contributed by atoms with E-state index in [0.29, 0.717) is 24.0 Å². The highest BCUT2D eigenvalue weighted by atomic mass is 16.2. The predicted molar refractivity (Wildman–Crippen MR) is 89.0 cm³/mol. The molecule has 0 radical (unpaired) electrons. The van der Waals surface area contributed by atoms with E-state index in [0.717, 1.165) is 24.0 Å². The lowest BCUT2D eigenvalue weighted by atomic mass is 10.1. The Labute approximate surface area is 139 Å². The van der Waals surface area contributed by atoms with Crippen molar-refractivity contribution in [2.75, 3.05) is 0 Å². The Morgan fingerprint density at radius 1 is 1.12 bits per heavy atom. The van der Waals surface area contributed by atoms with Crippen molar-refractivity contribution in [2.24, 2.45) is 0 Å². The summed E-state index contributed by atoms with van der Waals surface area (Å²) in [5.41, 5.74) is 2.71. The standard InChI is InChI=1S/C18H17N5O/c24-18(15-3-1-14(2-4-15)17-20-12-21-22-17)23(16-5-6-16)11-13-7-9-19-10-8-13/h1-4,7-10,12,16H,5-6,11H2,(H,20,21,22). The molecule has 0 unspecified atom stereocenters. The zero-order chi connectivity index (χ0) is 16.4. The number of aromatic amines is 1. The topological polar surface area (TPSA) is 74.8 Å². The molecule has 1 aromatic carbocycles. The van der Waals surface area contributed by atoms with Crippen LogP contribution in [0, 0.1) is 0 Å². The van der Waals surface area contributed by atoms with Crippen LogP contribution in [0.2, 0.25) is 0 Å². The van der Waals surface area contributed by atoms with Gasteiger partial charge >= 0.3 is 0 Å². The highest BCUT2D eigenvalue weighted by molar-refractivity contribution is 5.95. The highest BCUT2D eigenvalue weighted by Gasteiger charge is 2.33. The first kappa shape index (κ1) is 14.6. The third-order valence-electron chi connectivity index (χ3n) is 4.17. The van der Waals surface area contributed by atoms with E-state index in [1.807, 2.05) is 41.3 Å². The van der Waals surface area contributed by atoms with Crippen LogP contribution in [0.3, 0.4) is 0 Å². The molecule has 1 amide bonds. The van der Waals surface area contributed by atoms with Gasteiger partial charge in [0.25, 0.3) is 5.91 Å². The number of H-pyrrole nitrogens is 1. The second-order valence-electron chi connectivity index (χ2n) is 5.93. The van der Waals surface area contributed by atoms with Gasteiger partial charge in [-0.05, 0) is 42.7 Å². The lowest BCUT2D eigenvalue weighted by molar-refractivity contribution is 0.0730. The van der Waals surface area contributed by atoms with E-state index in [1.54, 1.807) is 12.4 Å². The van der Waals surface area contributed by atoms with E-state index in [2.05, 4.69) is 20.2 Å². The smallest absolute Gasteiger partial charge is 0.254 e. The number of nitrogens with one attached hydrogen (secondary N) is 1. The summed E-state index contributed by atoms with van der Waals surface area (Å²) in [5, 5.41) is 6.67. The van der Waals surface area contributed by atoms with Crippen molar-refractivity contribution in [1.82, 2.24) is 25.1 Å². The largest absolute Gasteiger partial charge is 0.331 e. The minimum absolute atomic E-state index is 0.0680. The third-order valence-corrected chi connectivity index (χ3v) is 4.17. The molecule has 1 aliphatic rings. The van der Waals surface area contributed by atoms with Gasteiger partial charge in [-0.1, -0.05) is 12.1 Å². The summed E-state index contributed by atoms with van der Waals surface area (Å²) in [6.07, 6.45) is 7.14. The molecule has 24 heavy (non-hydrogen) atoms. The molecule has 4 rings (SSSR count). The molecular formula is C18H17N5O. The van der Waals surface area contributed by atoms with Crippen molar-refractivity contribution < 1.29 is 4.79 Å². The zero-order valence-electron chi connectivity index (χ0n) is 13.1. The van der Waals surface area contributed by atoms with E-state index in [9.17, 15) is 4.79 Å². The van der Waals surface area contributed by atoms with Crippen molar-refractivity contribution >= 4 is 5.91 Å². The van der Waals surface area contributed by atoms with Crippen LogP contribution < -0.4 is 0 Å². The van der Waals surface area contributed by atoms with Crippen LogP contribution in [0.15, 0.2) is 55.1 Å². The molecule has 6 heteroatoms. The number of rotatable bonds is 5. The molecular weight excluding hydrogens is 302 g/mol. The van der Waals surface area contributed by atoms with Crippen molar-refractivity contribution in [3.63, 3.8) is 0 Å². The molecule has 1 saturated carbocycles. The van der Waals surface area contributed by atoms with Gasteiger partial charge in [0.05, 0.1) is 0 Å². The fraction of sp³-hybridized carbons (Fsp3) is 0.222. The molecule has 3 aromatic rings. The number of hydrogen-bond donors (Lipinski definition) is 1. The Morgan fingerprint density at radius 3 is 2.50 bits per heavy atom. The number of nitrogens with zero attached hydrogens (tertiary/aromatic N) is 4. The summed E-state index contributed by atoms with van der Waals surface area (Å²) in [4.78, 5) is 23.0. The average molecular weight is 319 g/mol. The van der Waals surface area contributed by atoms with Gasteiger partial charge in [-0.25, -0.2) is 4.98 Å². The number of carbonyl (C=O) groups is 1. The molecule has 0 spiro atoms. The van der Waals surface area contributed by atoms with Crippen molar-refractivity contribution in [2.45, 2.75) is 25.4 Å². The maximum atomic E-state index is 12.9. The van der Waals surface area contributed by atoms with Crippen LogP contribution in [0.1, 0.15) is 28.8 Å². The zero-order valence-corrected chi connectivity index (χ0v) is 13.1. The second-order valence-corrected chi connectivity index (χ2v) is 5.93. The number of aromatic nitrogens is 4. The van der Waals surface area contributed by atoms with Crippen LogP contribution in [-0.4, -0.2) is 37.0 Å². The van der Waals surface area contributed by atoms with Gasteiger partial charge in [0.1, 0.15) is 6.33 Å². The molecule has 0 atom stereocenters. The number of hydrogen-bond acceptors (Lipinski definition) is 4. The van der Waals surface area contributed by atoms with Crippen LogP contribution in [0.5, 0.6) is 0 Å². The van der Waals surface area contributed by atoms with Crippen LogP contribution in [0.25, 0.3) is 11.4 Å². The van der Waals surface area contributed by atoms with E-state index in [1.165, 1.54) is 6.33 Å². The summed E-state index contributed by atoms with van der Waals surface area (Å²) in [5.74, 6) is 0.767. The minimum atomic E-state index is 0.0680. The third kappa shape index (κ3) is 3.03. The summed E-state index contributed by atoms with van der Waals surface area (Å²) in [7, 11) is 0. The Kier molecular flexibility index (Phi) is 3.78. The lowest BCUT2D eigenvalue weighted by Crippen LogP contribution is -2.32. The molecule has 1 fully saturated rings. The molecule has 2 heterocycles. The SMILES string of the molecule is O=C(c1ccc(-c2ncn[nH]2)cc1)N(Cc1ccncc1)C1CC1. The van der Waals surface area contributed by atoms with E-state index < -0.39 is 0 Å². The normalized spacial score (nSPS) is 13.7. The van der Waals surface area contributed by atoms with Gasteiger partial charge in [-0.2, -0.15) is 5.10 Å². The predicted octanol–water partition coefficient (Wildman–Crippen LogP) is 2.67. The molecule has 0 saturated heterocycles. The fourth-order valence-corrected chi connectivity index (χ4v) is 2.72. The molecule has 0 aliphatic heterocycles. The van der Waals surface area contributed by atoms with Gasteiger partial charge in [-0.15, -0.1) is 0 Å². The van der Waals surface area contributed by atoms with E-state index in [-0.39, 0.29) is 5.91 Å². The van der Waals surface area contributed by atoms with Gasteiger partial charge in [0.15, 0.2) is 5.82 Å². The summed E-state index contributed by atoms with van der Waals surface area (Å²) in [6.45, 7) is 0.621. The fourth-order valence-electron chi connectivity index (χ4n) is 2.72. The first-order chi connectivity index (χ1) is 11.8. The maximum Gasteiger partial charge on any atom is 0.254 e. The van der Waals surface area contributed by atoms with Crippen LogP contribution in [-0.2, 0) is 6.54 Å². The van der Waals surface area contributed by atoms with Gasteiger partial charge < -0.3 is 4.90 Å². The van der Waals surface area contributed by atoms with Crippen molar-refractivity contribution in [3.05, 3.63) is 66.2 Å². The molecule has 6 nitrogen and oxygen atoms in total. The van der Waals surface area contributed by atoms with Crippen LogP contribution >= 0.6 is 0 Å². The minimum Gasteiger partial charge on any atom is -0.331 e. The molecule has 120 valence electrons. The molecule has 1 N–H and O–H groups in total. The molecule has 0 bridgehead atoms. The quantitative estimate of drug-likeness (QED) is 0.784. The van der Waals surface area contributed by atoms with E-state index in [4.69, 9.17) is 0 Å². The van der Waals surface area contributed by atoms with Gasteiger partial charge in [-0.3, -0.25) is 14.9 Å². The van der Waals surface area contributed by atoms with Crippen LogP contribution in [0.4, 0.5) is 0 Å². The Balaban J connectivity index is 1.54. The second kappa shape index (κ2) is 6.23. The number of benzene rings is 1. The average Bonchev–Trinajstić information content (AvgIpc) is 3.33. The first-order valence-corrected chi connectivity index (χ1v) is 7.97. The van der Waals surface area contributed by atoms with Crippen molar-refractivity contribution in [1.29, 1.82) is 0 Å². The van der Waals surface area contributed by atoms with Gasteiger partial charge in [0.2, 0.25) is 0 Å². The van der Waals surface area contributed by atoms with Crippen molar-refractivity contribution in [3.8, 4) is 11.4 Å². The first-order valence-electron chi connectivity index (χ1n) is 7.97. The Bertz CT molecular complexity index is 810. The monoisotopic (exact) mass is 319 g/mol. The number of carbonyl (C=O) groups excluding carboxylic acids is 1. The summed E-state index contributed by atoms with van der Waals surface area (Å²) < 4.78 is 0. The summed E-state index contributed by atoms with van der Waals surface area (Å²) in [6, 6.07) is 11.7. The maximum absolute atomic E-state index is 12.9.